The van der Waals surface area contributed by atoms with Crippen molar-refractivity contribution in [2.24, 2.45) is 11.7 Å². The highest BCUT2D eigenvalue weighted by Crippen LogP contribution is 2.19. The van der Waals surface area contributed by atoms with Crippen LogP contribution in [0.2, 0.25) is 0 Å². The molecule has 0 spiro atoms. The van der Waals surface area contributed by atoms with Crippen LogP contribution in [0.5, 0.6) is 0 Å². The number of ether oxygens (including phenoxy) is 1. The number of carbonyl (C=O) groups is 1. The van der Waals surface area contributed by atoms with Gasteiger partial charge >= 0.3 is 0 Å². The van der Waals surface area contributed by atoms with Gasteiger partial charge in [-0.15, -0.1) is 0 Å². The van der Waals surface area contributed by atoms with Crippen LogP contribution in [0.4, 0.5) is 0 Å². The van der Waals surface area contributed by atoms with Crippen LogP contribution in [0.25, 0.3) is 0 Å². The molecule has 2 atom stereocenters. The molecule has 2 aliphatic rings. The summed E-state index contributed by atoms with van der Waals surface area (Å²) in [4.78, 5) is 16.6. The smallest absolute Gasteiger partial charge is 0.239 e. The van der Waals surface area contributed by atoms with E-state index in [1.165, 1.54) is 0 Å². The number of hydrogen-bond acceptors (Lipinski definition) is 4. The first-order valence-corrected chi connectivity index (χ1v) is 7.55. The van der Waals surface area contributed by atoms with Crippen LogP contribution in [0.3, 0.4) is 0 Å². The summed E-state index contributed by atoms with van der Waals surface area (Å²) in [6.07, 6.45) is 2.88. The van der Waals surface area contributed by atoms with Crippen molar-refractivity contribution in [3.8, 4) is 0 Å². The number of morpholine rings is 1. The van der Waals surface area contributed by atoms with E-state index in [2.05, 4.69) is 11.8 Å². The van der Waals surface area contributed by atoms with Crippen molar-refractivity contribution < 1.29 is 9.53 Å². The van der Waals surface area contributed by atoms with Crippen LogP contribution in [0.1, 0.15) is 26.2 Å². The van der Waals surface area contributed by atoms with Gasteiger partial charge in [0, 0.05) is 32.7 Å². The summed E-state index contributed by atoms with van der Waals surface area (Å²) < 4.78 is 5.36. The zero-order valence-corrected chi connectivity index (χ0v) is 12.0. The Balaban J connectivity index is 1.74. The first kappa shape index (κ1) is 14.8. The highest BCUT2D eigenvalue weighted by Gasteiger charge is 2.30. The predicted molar refractivity (Wildman–Crippen MR) is 74.8 cm³/mol. The maximum Gasteiger partial charge on any atom is 0.239 e. The van der Waals surface area contributed by atoms with Gasteiger partial charge in [0.1, 0.15) is 0 Å². The van der Waals surface area contributed by atoms with Gasteiger partial charge in [-0.1, -0.05) is 13.3 Å². The van der Waals surface area contributed by atoms with Crippen LogP contribution in [-0.4, -0.2) is 67.7 Å². The van der Waals surface area contributed by atoms with Crippen molar-refractivity contribution in [1.29, 1.82) is 0 Å². The lowest BCUT2D eigenvalue weighted by Crippen LogP contribution is -2.43. The monoisotopic (exact) mass is 269 g/mol. The third-order valence-electron chi connectivity index (χ3n) is 4.13. The molecule has 0 aromatic rings. The first-order valence-electron chi connectivity index (χ1n) is 7.55. The Labute approximate surface area is 116 Å². The molecule has 1 amide bonds. The van der Waals surface area contributed by atoms with E-state index in [1.54, 1.807) is 0 Å². The molecule has 2 heterocycles. The van der Waals surface area contributed by atoms with Crippen molar-refractivity contribution in [3.63, 3.8) is 0 Å². The Morgan fingerprint density at radius 2 is 2.11 bits per heavy atom. The number of nitrogens with two attached hydrogens (primary N) is 1. The Kier molecular flexibility index (Phi) is 5.60. The summed E-state index contributed by atoms with van der Waals surface area (Å²) in [6, 6.07) is -0.299. The van der Waals surface area contributed by atoms with Crippen molar-refractivity contribution in [1.82, 2.24) is 9.80 Å². The fourth-order valence-corrected chi connectivity index (χ4v) is 3.00. The molecule has 2 aliphatic heterocycles. The maximum absolute atomic E-state index is 12.1. The molecule has 2 N–H and O–H groups in total. The molecule has 2 unspecified atom stereocenters. The van der Waals surface area contributed by atoms with Gasteiger partial charge in [0.2, 0.25) is 5.91 Å². The van der Waals surface area contributed by atoms with Gasteiger partial charge in [-0.25, -0.2) is 0 Å². The molecule has 2 saturated heterocycles. The summed E-state index contributed by atoms with van der Waals surface area (Å²) in [6.45, 7) is 8.67. The molecule has 0 bridgehead atoms. The van der Waals surface area contributed by atoms with Crippen molar-refractivity contribution in [2.45, 2.75) is 32.2 Å². The standard InChI is InChI=1S/C14H27N3O2/c1-2-3-13(15)14(18)17-5-4-12(11-17)10-16-6-8-19-9-7-16/h12-13H,2-11,15H2,1H3. The predicted octanol–water partition coefficient (Wildman–Crippen LogP) is 0.295. The second-order valence-electron chi connectivity index (χ2n) is 5.75. The third kappa shape index (κ3) is 4.16. The summed E-state index contributed by atoms with van der Waals surface area (Å²) in [5.41, 5.74) is 5.92. The van der Waals surface area contributed by atoms with Crippen molar-refractivity contribution >= 4 is 5.91 Å². The molecular weight excluding hydrogens is 242 g/mol. The Morgan fingerprint density at radius 3 is 2.79 bits per heavy atom. The summed E-state index contributed by atoms with van der Waals surface area (Å²) in [5.74, 6) is 0.752. The number of rotatable bonds is 5. The van der Waals surface area contributed by atoms with Gasteiger partial charge in [0.25, 0.3) is 0 Å². The number of likely N-dealkylation sites (tertiary alicyclic amines) is 1. The zero-order chi connectivity index (χ0) is 13.7. The Hall–Kier alpha value is -0.650. The Bertz CT molecular complexity index is 292. The Morgan fingerprint density at radius 1 is 1.37 bits per heavy atom. The molecule has 19 heavy (non-hydrogen) atoms. The molecule has 5 nitrogen and oxygen atoms in total. The van der Waals surface area contributed by atoms with E-state index in [4.69, 9.17) is 10.5 Å². The van der Waals surface area contributed by atoms with Gasteiger partial charge in [0.15, 0.2) is 0 Å². The van der Waals surface area contributed by atoms with Gasteiger partial charge < -0.3 is 15.4 Å². The maximum atomic E-state index is 12.1. The van der Waals surface area contributed by atoms with E-state index in [0.29, 0.717) is 5.92 Å². The average Bonchev–Trinajstić information content (AvgIpc) is 2.88. The summed E-state index contributed by atoms with van der Waals surface area (Å²) >= 11 is 0. The highest BCUT2D eigenvalue weighted by molar-refractivity contribution is 5.81. The molecule has 110 valence electrons. The fraction of sp³-hybridized carbons (Fsp3) is 0.929. The number of amides is 1. The van der Waals surface area contributed by atoms with E-state index < -0.39 is 0 Å². The van der Waals surface area contributed by atoms with E-state index in [-0.39, 0.29) is 11.9 Å². The quantitative estimate of drug-likeness (QED) is 0.779. The van der Waals surface area contributed by atoms with Crippen LogP contribution >= 0.6 is 0 Å². The van der Waals surface area contributed by atoms with Gasteiger partial charge in [-0.3, -0.25) is 9.69 Å². The van der Waals surface area contributed by atoms with Crippen molar-refractivity contribution in [2.75, 3.05) is 45.9 Å². The minimum Gasteiger partial charge on any atom is -0.379 e. The molecule has 0 aromatic heterocycles. The van der Waals surface area contributed by atoms with Crippen LogP contribution in [0, 0.1) is 5.92 Å². The largest absolute Gasteiger partial charge is 0.379 e. The van der Waals surface area contributed by atoms with Crippen LogP contribution in [-0.2, 0) is 9.53 Å². The molecule has 2 rings (SSSR count). The number of nitrogens with zero attached hydrogens (tertiary/aromatic N) is 2. The lowest BCUT2D eigenvalue weighted by atomic mass is 10.1. The molecule has 0 radical (unpaired) electrons. The summed E-state index contributed by atoms with van der Waals surface area (Å²) in [5, 5.41) is 0. The fourth-order valence-electron chi connectivity index (χ4n) is 3.00. The molecular formula is C14H27N3O2. The molecule has 2 fully saturated rings. The van der Waals surface area contributed by atoms with Crippen molar-refractivity contribution in [3.05, 3.63) is 0 Å². The van der Waals surface area contributed by atoms with E-state index >= 15 is 0 Å². The van der Waals surface area contributed by atoms with E-state index in [0.717, 1.165) is 65.2 Å². The highest BCUT2D eigenvalue weighted by atomic mass is 16.5. The molecule has 0 aliphatic carbocycles. The minimum atomic E-state index is -0.299. The number of carbonyl (C=O) groups excluding carboxylic acids is 1. The SMILES string of the molecule is CCCC(N)C(=O)N1CCC(CN2CCOCC2)C1. The van der Waals surface area contributed by atoms with Gasteiger partial charge in [-0.05, 0) is 18.8 Å². The van der Waals surface area contributed by atoms with Crippen LogP contribution in [0.15, 0.2) is 0 Å². The van der Waals surface area contributed by atoms with Crippen LogP contribution < -0.4 is 5.73 Å². The van der Waals surface area contributed by atoms with E-state index in [1.807, 2.05) is 4.90 Å². The lowest BCUT2D eigenvalue weighted by Gasteiger charge is -2.29. The second-order valence-corrected chi connectivity index (χ2v) is 5.75. The van der Waals surface area contributed by atoms with Gasteiger partial charge in [0.05, 0.1) is 19.3 Å². The topological polar surface area (TPSA) is 58.8 Å². The minimum absolute atomic E-state index is 0.145. The summed E-state index contributed by atoms with van der Waals surface area (Å²) in [7, 11) is 0. The normalized spacial score (nSPS) is 26.6. The average molecular weight is 269 g/mol. The third-order valence-corrected chi connectivity index (χ3v) is 4.13. The lowest BCUT2D eigenvalue weighted by molar-refractivity contribution is -0.131. The van der Waals surface area contributed by atoms with E-state index in [9.17, 15) is 4.79 Å². The molecule has 0 aromatic carbocycles. The molecule has 0 saturated carbocycles. The first-order chi connectivity index (χ1) is 9.20. The second kappa shape index (κ2) is 7.22. The number of hydrogen-bond donors (Lipinski definition) is 1. The van der Waals surface area contributed by atoms with Gasteiger partial charge in [-0.2, -0.15) is 0 Å². The zero-order valence-electron chi connectivity index (χ0n) is 12.0. The molecule has 5 heteroatoms.